The van der Waals surface area contributed by atoms with E-state index in [9.17, 15) is 4.79 Å². The van der Waals surface area contributed by atoms with Crippen LogP contribution in [0.4, 0.5) is 0 Å². The normalized spacial score (nSPS) is 19.7. The van der Waals surface area contributed by atoms with E-state index in [2.05, 4.69) is 53.6 Å². The fraction of sp³-hybridized carbons (Fsp3) is 0.517. The number of likely N-dealkylation sites (N-methyl/N-ethyl adjacent to an activating group) is 1. The van der Waals surface area contributed by atoms with Crippen molar-refractivity contribution >= 4 is 11.6 Å². The maximum atomic E-state index is 13.7. The van der Waals surface area contributed by atoms with Crippen LogP contribution in [0.15, 0.2) is 42.6 Å². The molecule has 1 amide bonds. The molecule has 0 aliphatic carbocycles. The standard InChI is InChI=1S/C29H38N4O2/c1-22-9-8-16-33-25(23(2)30-27(22)33)21-32-17-14-29(15-18-32)13-7-6-11-24-10-4-5-12-26(24)35-20-19-31(3)28(29)34/h4-5,8-10,12,16H,6-7,11,13-15,17-21H2,1-3H3. The van der Waals surface area contributed by atoms with Crippen molar-refractivity contribution in [2.75, 3.05) is 33.3 Å². The first-order valence-corrected chi connectivity index (χ1v) is 13.1. The molecule has 3 aromatic rings. The summed E-state index contributed by atoms with van der Waals surface area (Å²) in [6.45, 7) is 8.15. The van der Waals surface area contributed by atoms with E-state index in [-0.39, 0.29) is 5.41 Å². The van der Waals surface area contributed by atoms with E-state index in [0.29, 0.717) is 19.1 Å². The van der Waals surface area contributed by atoms with Crippen LogP contribution < -0.4 is 4.74 Å². The van der Waals surface area contributed by atoms with Crippen LogP contribution >= 0.6 is 0 Å². The van der Waals surface area contributed by atoms with Gasteiger partial charge in [0, 0.05) is 19.8 Å². The highest BCUT2D eigenvalue weighted by atomic mass is 16.5. The number of aryl methyl sites for hydroxylation is 3. The van der Waals surface area contributed by atoms with E-state index >= 15 is 0 Å². The van der Waals surface area contributed by atoms with Gasteiger partial charge in [0.15, 0.2) is 0 Å². The number of benzene rings is 1. The number of pyridine rings is 1. The minimum Gasteiger partial charge on any atom is -0.491 e. The predicted molar refractivity (Wildman–Crippen MR) is 139 cm³/mol. The third kappa shape index (κ3) is 4.81. The molecule has 0 bridgehead atoms. The van der Waals surface area contributed by atoms with Crippen LogP contribution in [0, 0.1) is 19.3 Å². The van der Waals surface area contributed by atoms with Gasteiger partial charge in [0.25, 0.3) is 0 Å². The summed E-state index contributed by atoms with van der Waals surface area (Å²) in [5.74, 6) is 1.27. The number of carbonyl (C=O) groups excluding carboxylic acids is 1. The number of imidazole rings is 1. The van der Waals surface area contributed by atoms with Gasteiger partial charge in [-0.25, -0.2) is 4.98 Å². The molecule has 1 aromatic carbocycles. The summed E-state index contributed by atoms with van der Waals surface area (Å²) in [6, 6.07) is 12.6. The first-order chi connectivity index (χ1) is 17.0. The van der Waals surface area contributed by atoms with Gasteiger partial charge in [-0.15, -0.1) is 0 Å². The lowest BCUT2D eigenvalue weighted by atomic mass is 9.73. The number of fused-ring (bicyclic) bond motifs is 2. The third-order valence-electron chi connectivity index (χ3n) is 8.14. The second kappa shape index (κ2) is 10.0. The molecule has 2 aromatic heterocycles. The number of ether oxygens (including phenoxy) is 1. The van der Waals surface area contributed by atoms with Crippen LogP contribution in [-0.2, 0) is 17.8 Å². The smallest absolute Gasteiger partial charge is 0.228 e. The summed E-state index contributed by atoms with van der Waals surface area (Å²) in [6.07, 6.45) is 8.10. The average molecular weight is 475 g/mol. The van der Waals surface area contributed by atoms with Gasteiger partial charge in [0.2, 0.25) is 5.91 Å². The Morgan fingerprint density at radius 3 is 2.63 bits per heavy atom. The van der Waals surface area contributed by atoms with Crippen molar-refractivity contribution in [2.45, 2.75) is 58.9 Å². The fourth-order valence-electron chi connectivity index (χ4n) is 5.91. The molecule has 2 aliphatic heterocycles. The van der Waals surface area contributed by atoms with Gasteiger partial charge >= 0.3 is 0 Å². The van der Waals surface area contributed by atoms with Gasteiger partial charge in [-0.2, -0.15) is 0 Å². The summed E-state index contributed by atoms with van der Waals surface area (Å²) >= 11 is 0. The van der Waals surface area contributed by atoms with E-state index in [4.69, 9.17) is 9.72 Å². The molecule has 0 atom stereocenters. The monoisotopic (exact) mass is 474 g/mol. The van der Waals surface area contributed by atoms with E-state index in [1.54, 1.807) is 0 Å². The molecule has 0 unspecified atom stereocenters. The first kappa shape index (κ1) is 23.9. The Morgan fingerprint density at radius 2 is 1.80 bits per heavy atom. The second-order valence-electron chi connectivity index (χ2n) is 10.5. The Morgan fingerprint density at radius 1 is 1.00 bits per heavy atom. The van der Waals surface area contributed by atoms with Gasteiger partial charge in [-0.05, 0) is 82.3 Å². The molecule has 186 valence electrons. The highest BCUT2D eigenvalue weighted by molar-refractivity contribution is 5.82. The molecule has 2 aliphatic rings. The average Bonchev–Trinajstić information content (AvgIpc) is 3.19. The summed E-state index contributed by atoms with van der Waals surface area (Å²) < 4.78 is 8.31. The number of rotatable bonds is 2. The largest absolute Gasteiger partial charge is 0.491 e. The number of hydrogen-bond acceptors (Lipinski definition) is 4. The number of nitrogens with zero attached hydrogens (tertiary/aromatic N) is 4. The minimum absolute atomic E-state index is 0.255. The van der Waals surface area contributed by atoms with Crippen LogP contribution in [-0.4, -0.2) is 58.4 Å². The lowest BCUT2D eigenvalue weighted by Crippen LogP contribution is -2.50. The molecule has 0 radical (unpaired) electrons. The molecule has 35 heavy (non-hydrogen) atoms. The summed E-state index contributed by atoms with van der Waals surface area (Å²) in [4.78, 5) is 23.0. The number of para-hydroxylation sites is 1. The molecular weight excluding hydrogens is 436 g/mol. The number of hydrogen-bond donors (Lipinski definition) is 0. The number of likely N-dealkylation sites (tertiary alicyclic amines) is 1. The molecule has 0 N–H and O–H groups in total. The molecular formula is C29H38N4O2. The Hall–Kier alpha value is -2.86. The topological polar surface area (TPSA) is 50.1 Å². The van der Waals surface area contributed by atoms with Crippen molar-refractivity contribution in [3.63, 3.8) is 0 Å². The van der Waals surface area contributed by atoms with Gasteiger partial charge in [-0.3, -0.25) is 9.69 Å². The van der Waals surface area contributed by atoms with Crippen molar-refractivity contribution in [2.24, 2.45) is 5.41 Å². The van der Waals surface area contributed by atoms with Gasteiger partial charge < -0.3 is 14.0 Å². The quantitative estimate of drug-likeness (QED) is 0.536. The Labute approximate surface area is 208 Å². The summed E-state index contributed by atoms with van der Waals surface area (Å²) in [5.41, 5.74) is 5.64. The molecule has 1 spiro atoms. The number of piperidine rings is 1. The van der Waals surface area contributed by atoms with Crippen LogP contribution in [0.3, 0.4) is 0 Å². The molecule has 1 fully saturated rings. The fourth-order valence-corrected chi connectivity index (χ4v) is 5.91. The molecule has 1 saturated heterocycles. The SMILES string of the molecule is Cc1nc2c(C)cccn2c1CN1CCC2(CCCCc3ccccc3OCCN(C)C2=O)CC1. The first-order valence-electron chi connectivity index (χ1n) is 13.1. The zero-order chi connectivity index (χ0) is 24.4. The highest BCUT2D eigenvalue weighted by Crippen LogP contribution is 2.39. The lowest BCUT2D eigenvalue weighted by Gasteiger charge is -2.43. The van der Waals surface area contributed by atoms with Crippen molar-refractivity contribution in [3.05, 3.63) is 65.1 Å². The van der Waals surface area contributed by atoms with E-state index in [1.165, 1.54) is 16.8 Å². The van der Waals surface area contributed by atoms with Gasteiger partial charge in [0.05, 0.1) is 23.3 Å². The number of amides is 1. The van der Waals surface area contributed by atoms with Crippen LogP contribution in [0.2, 0.25) is 0 Å². The van der Waals surface area contributed by atoms with E-state index in [1.807, 2.05) is 24.1 Å². The van der Waals surface area contributed by atoms with Crippen molar-refractivity contribution in [1.29, 1.82) is 0 Å². The maximum absolute atomic E-state index is 13.7. The zero-order valence-corrected chi connectivity index (χ0v) is 21.4. The summed E-state index contributed by atoms with van der Waals surface area (Å²) in [7, 11) is 1.95. The van der Waals surface area contributed by atoms with Crippen molar-refractivity contribution in [3.8, 4) is 5.75 Å². The molecule has 0 saturated carbocycles. The van der Waals surface area contributed by atoms with Gasteiger partial charge in [0.1, 0.15) is 18.0 Å². The molecule has 6 nitrogen and oxygen atoms in total. The third-order valence-corrected chi connectivity index (χ3v) is 8.14. The lowest BCUT2D eigenvalue weighted by molar-refractivity contribution is -0.145. The maximum Gasteiger partial charge on any atom is 0.228 e. The minimum atomic E-state index is -0.255. The molecule has 6 heteroatoms. The van der Waals surface area contributed by atoms with E-state index < -0.39 is 0 Å². The molecule has 4 heterocycles. The van der Waals surface area contributed by atoms with E-state index in [0.717, 1.165) is 75.2 Å². The molecule has 5 rings (SSSR count). The van der Waals surface area contributed by atoms with Crippen molar-refractivity contribution < 1.29 is 9.53 Å². The Bertz CT molecular complexity index is 1190. The van der Waals surface area contributed by atoms with Crippen LogP contribution in [0.5, 0.6) is 5.75 Å². The van der Waals surface area contributed by atoms with Crippen molar-refractivity contribution in [1.82, 2.24) is 19.2 Å². The van der Waals surface area contributed by atoms with Gasteiger partial charge in [-0.1, -0.05) is 30.7 Å². The number of aromatic nitrogens is 2. The Balaban J connectivity index is 1.29. The van der Waals surface area contributed by atoms with Crippen LogP contribution in [0.25, 0.3) is 5.65 Å². The number of carbonyl (C=O) groups is 1. The highest BCUT2D eigenvalue weighted by Gasteiger charge is 2.42. The predicted octanol–water partition coefficient (Wildman–Crippen LogP) is 4.80. The Kier molecular flexibility index (Phi) is 6.83. The van der Waals surface area contributed by atoms with Crippen LogP contribution in [0.1, 0.15) is 54.6 Å². The zero-order valence-electron chi connectivity index (χ0n) is 21.4. The summed E-state index contributed by atoms with van der Waals surface area (Å²) in [5, 5.41) is 0. The second-order valence-corrected chi connectivity index (χ2v) is 10.5.